The van der Waals surface area contributed by atoms with Crippen LogP contribution in [0.5, 0.6) is 0 Å². The molecule has 0 saturated carbocycles. The molecule has 0 spiro atoms. The fraction of sp³-hybridized carbons (Fsp3) is 0.385. The lowest BCUT2D eigenvalue weighted by atomic mass is 10.3. The third kappa shape index (κ3) is 2.81. The quantitative estimate of drug-likeness (QED) is 0.848. The zero-order valence-corrected chi connectivity index (χ0v) is 12.3. The summed E-state index contributed by atoms with van der Waals surface area (Å²) in [5.74, 6) is 0.557. The Balaban J connectivity index is 2.57. The molecule has 19 heavy (non-hydrogen) atoms. The van der Waals surface area contributed by atoms with Gasteiger partial charge >= 0.3 is 0 Å². The van der Waals surface area contributed by atoms with Gasteiger partial charge in [-0.3, -0.25) is 0 Å². The molecule has 2 aromatic heterocycles. The van der Waals surface area contributed by atoms with Crippen molar-refractivity contribution in [1.82, 2.24) is 14.8 Å². The fourth-order valence-electron chi connectivity index (χ4n) is 1.95. The van der Waals surface area contributed by atoms with Gasteiger partial charge in [0.15, 0.2) is 5.82 Å². The highest BCUT2D eigenvalue weighted by atomic mass is 35.5. The molecule has 0 amide bonds. The van der Waals surface area contributed by atoms with Gasteiger partial charge < -0.3 is 11.1 Å². The van der Waals surface area contributed by atoms with Crippen LogP contribution in [0.1, 0.15) is 25.2 Å². The van der Waals surface area contributed by atoms with Gasteiger partial charge in [-0.15, -0.1) is 0 Å². The number of rotatable bonds is 3. The normalized spacial score (nSPS) is 11.1. The smallest absolute Gasteiger partial charge is 0.180 e. The van der Waals surface area contributed by atoms with Gasteiger partial charge in [-0.2, -0.15) is 5.10 Å². The Hall–Kier alpha value is -1.75. The monoisotopic (exact) mass is 279 g/mol. The second-order valence-corrected chi connectivity index (χ2v) is 5.26. The van der Waals surface area contributed by atoms with Gasteiger partial charge in [0.2, 0.25) is 0 Å². The van der Waals surface area contributed by atoms with Gasteiger partial charge in [0.05, 0.1) is 11.4 Å². The van der Waals surface area contributed by atoms with Crippen LogP contribution in [-0.2, 0) is 0 Å². The summed E-state index contributed by atoms with van der Waals surface area (Å²) in [6, 6.07) is 3.96. The molecular weight excluding hydrogens is 262 g/mol. The SMILES string of the molecule is Cc1cc(C)n(-c2nc(Cl)cc(NC(C)C)c2N)n1. The van der Waals surface area contributed by atoms with E-state index in [1.54, 1.807) is 10.7 Å². The highest BCUT2D eigenvalue weighted by Gasteiger charge is 2.14. The maximum absolute atomic E-state index is 6.17. The van der Waals surface area contributed by atoms with Crippen LogP contribution in [0, 0.1) is 13.8 Å². The number of nitrogens with zero attached hydrogens (tertiary/aromatic N) is 3. The van der Waals surface area contributed by atoms with E-state index in [0.717, 1.165) is 17.1 Å². The molecule has 0 radical (unpaired) electrons. The lowest BCUT2D eigenvalue weighted by molar-refractivity contribution is 0.807. The second kappa shape index (κ2) is 5.09. The van der Waals surface area contributed by atoms with Gasteiger partial charge in [0.1, 0.15) is 10.8 Å². The molecule has 0 saturated heterocycles. The zero-order chi connectivity index (χ0) is 14.2. The van der Waals surface area contributed by atoms with Crippen molar-refractivity contribution >= 4 is 23.0 Å². The number of aromatic nitrogens is 3. The van der Waals surface area contributed by atoms with Gasteiger partial charge in [0.25, 0.3) is 0 Å². The van der Waals surface area contributed by atoms with Crippen molar-refractivity contribution in [3.63, 3.8) is 0 Å². The molecule has 0 aliphatic heterocycles. The molecule has 102 valence electrons. The van der Waals surface area contributed by atoms with Gasteiger partial charge in [-0.25, -0.2) is 9.67 Å². The Labute approximate surface area is 117 Å². The summed E-state index contributed by atoms with van der Waals surface area (Å²) in [5.41, 5.74) is 9.37. The van der Waals surface area contributed by atoms with Crippen LogP contribution in [0.3, 0.4) is 0 Å². The minimum Gasteiger partial charge on any atom is -0.394 e. The maximum Gasteiger partial charge on any atom is 0.180 e. The third-order valence-corrected chi connectivity index (χ3v) is 2.86. The lowest BCUT2D eigenvalue weighted by Crippen LogP contribution is -2.14. The predicted molar refractivity (Wildman–Crippen MR) is 79.0 cm³/mol. The number of nitrogen functional groups attached to an aromatic ring is 1. The van der Waals surface area contributed by atoms with Crippen LogP contribution in [0.25, 0.3) is 5.82 Å². The van der Waals surface area contributed by atoms with Crippen molar-refractivity contribution in [3.8, 4) is 5.82 Å². The van der Waals surface area contributed by atoms with Gasteiger partial charge in [0, 0.05) is 17.8 Å². The average molecular weight is 280 g/mol. The largest absolute Gasteiger partial charge is 0.394 e. The Kier molecular flexibility index (Phi) is 3.66. The molecule has 0 bridgehead atoms. The summed E-state index contributed by atoms with van der Waals surface area (Å²) in [7, 11) is 0. The summed E-state index contributed by atoms with van der Waals surface area (Å²) >= 11 is 6.07. The van der Waals surface area contributed by atoms with Crippen LogP contribution in [0.4, 0.5) is 11.4 Å². The van der Waals surface area contributed by atoms with E-state index in [1.165, 1.54) is 0 Å². The number of anilines is 2. The van der Waals surface area contributed by atoms with Crippen molar-refractivity contribution < 1.29 is 0 Å². The van der Waals surface area contributed by atoms with Crippen molar-refractivity contribution in [1.29, 1.82) is 0 Å². The van der Waals surface area contributed by atoms with Crippen LogP contribution in [-0.4, -0.2) is 20.8 Å². The standard InChI is InChI=1S/C13H18ClN5/c1-7(2)16-10-6-11(14)17-13(12(10)15)19-9(4)5-8(3)18-19/h5-7H,15H2,1-4H3,(H,16,17). The number of nitrogens with two attached hydrogens (primary N) is 1. The Bertz CT molecular complexity index is 603. The van der Waals surface area contributed by atoms with Crippen LogP contribution < -0.4 is 11.1 Å². The summed E-state index contributed by atoms with van der Waals surface area (Å²) in [4.78, 5) is 4.29. The number of nitrogens with one attached hydrogen (secondary N) is 1. The highest BCUT2D eigenvalue weighted by molar-refractivity contribution is 6.30. The molecule has 0 aliphatic carbocycles. The third-order valence-electron chi connectivity index (χ3n) is 2.66. The highest BCUT2D eigenvalue weighted by Crippen LogP contribution is 2.28. The molecule has 3 N–H and O–H groups in total. The molecular formula is C13H18ClN5. The zero-order valence-electron chi connectivity index (χ0n) is 11.5. The van der Waals surface area contributed by atoms with E-state index in [0.29, 0.717) is 16.7 Å². The Morgan fingerprint density at radius 1 is 1.32 bits per heavy atom. The second-order valence-electron chi connectivity index (χ2n) is 4.87. The maximum atomic E-state index is 6.17. The topological polar surface area (TPSA) is 68.8 Å². The van der Waals surface area contributed by atoms with E-state index in [4.69, 9.17) is 17.3 Å². The van der Waals surface area contributed by atoms with Crippen molar-refractivity contribution in [2.24, 2.45) is 0 Å². The fourth-order valence-corrected chi connectivity index (χ4v) is 2.14. The Morgan fingerprint density at radius 3 is 2.53 bits per heavy atom. The number of hydrogen-bond donors (Lipinski definition) is 2. The van der Waals surface area contributed by atoms with Crippen LogP contribution in [0.2, 0.25) is 5.15 Å². The molecule has 2 heterocycles. The molecule has 0 aromatic carbocycles. The first-order valence-corrected chi connectivity index (χ1v) is 6.52. The van der Waals surface area contributed by atoms with Gasteiger partial charge in [-0.1, -0.05) is 11.6 Å². The number of pyridine rings is 1. The molecule has 0 fully saturated rings. The lowest BCUT2D eigenvalue weighted by Gasteiger charge is -2.16. The minimum absolute atomic E-state index is 0.258. The van der Waals surface area contributed by atoms with Gasteiger partial charge in [-0.05, 0) is 33.8 Å². The first kappa shape index (κ1) is 13.7. The number of halogens is 1. The molecule has 0 unspecified atom stereocenters. The van der Waals surface area contributed by atoms with E-state index in [9.17, 15) is 0 Å². The molecule has 6 heteroatoms. The molecule has 5 nitrogen and oxygen atoms in total. The summed E-state index contributed by atoms with van der Waals surface area (Å²) in [6.45, 7) is 7.96. The molecule has 0 aliphatic rings. The predicted octanol–water partition coefficient (Wildman–Crippen LogP) is 2.94. The average Bonchev–Trinajstić information content (AvgIpc) is 2.62. The summed E-state index contributed by atoms with van der Waals surface area (Å²) in [5, 5.41) is 8.04. The molecule has 2 aromatic rings. The van der Waals surface area contributed by atoms with E-state index in [1.807, 2.05) is 33.8 Å². The first-order valence-electron chi connectivity index (χ1n) is 6.14. The summed E-state index contributed by atoms with van der Waals surface area (Å²) < 4.78 is 1.71. The Morgan fingerprint density at radius 2 is 2.00 bits per heavy atom. The van der Waals surface area contributed by atoms with E-state index >= 15 is 0 Å². The van der Waals surface area contributed by atoms with Crippen LogP contribution >= 0.6 is 11.6 Å². The van der Waals surface area contributed by atoms with Crippen molar-refractivity contribution in [3.05, 3.63) is 28.7 Å². The van der Waals surface area contributed by atoms with Crippen LogP contribution in [0.15, 0.2) is 12.1 Å². The number of hydrogen-bond acceptors (Lipinski definition) is 4. The van der Waals surface area contributed by atoms with E-state index in [-0.39, 0.29) is 6.04 Å². The molecule has 0 atom stereocenters. The van der Waals surface area contributed by atoms with E-state index < -0.39 is 0 Å². The number of aryl methyl sites for hydroxylation is 2. The van der Waals surface area contributed by atoms with E-state index in [2.05, 4.69) is 15.4 Å². The first-order chi connectivity index (χ1) is 8.88. The van der Waals surface area contributed by atoms with Crippen molar-refractivity contribution in [2.75, 3.05) is 11.1 Å². The molecule has 2 rings (SSSR count). The minimum atomic E-state index is 0.258. The van der Waals surface area contributed by atoms with Crippen molar-refractivity contribution in [2.45, 2.75) is 33.7 Å². The summed E-state index contributed by atoms with van der Waals surface area (Å²) in [6.07, 6.45) is 0.